The van der Waals surface area contributed by atoms with E-state index in [0.29, 0.717) is 0 Å². The summed E-state index contributed by atoms with van der Waals surface area (Å²) in [6.45, 7) is 0. The Bertz CT molecular complexity index is 673. The molecule has 0 saturated carbocycles. The Morgan fingerprint density at radius 3 is 2.76 bits per heavy atom. The van der Waals surface area contributed by atoms with E-state index in [0.717, 1.165) is 17.4 Å². The summed E-state index contributed by atoms with van der Waals surface area (Å²) in [4.78, 5) is 15.3. The average Bonchev–Trinajstić information content (AvgIpc) is 2.87. The van der Waals surface area contributed by atoms with E-state index < -0.39 is 17.7 Å². The fraction of sp³-hybridized carbons (Fsp3) is 0.167. The summed E-state index contributed by atoms with van der Waals surface area (Å²) in [6.07, 6.45) is -3.35. The largest absolute Gasteiger partial charge is 0.465 e. The van der Waals surface area contributed by atoms with E-state index in [2.05, 4.69) is 15.0 Å². The van der Waals surface area contributed by atoms with Gasteiger partial charge in [0.1, 0.15) is 4.88 Å². The molecule has 0 saturated heterocycles. The first kappa shape index (κ1) is 15.6. The maximum Gasteiger partial charge on any atom is 0.418 e. The van der Waals surface area contributed by atoms with E-state index in [1.807, 2.05) is 0 Å². The summed E-state index contributed by atoms with van der Waals surface area (Å²) in [5.41, 5.74) is -1.22. The Morgan fingerprint density at radius 1 is 1.43 bits per heavy atom. The van der Waals surface area contributed by atoms with Crippen molar-refractivity contribution in [3.05, 3.63) is 39.9 Å². The van der Waals surface area contributed by atoms with Crippen LogP contribution in [0, 0.1) is 0 Å². The van der Waals surface area contributed by atoms with Gasteiger partial charge in [0.05, 0.1) is 29.6 Å². The van der Waals surface area contributed by atoms with Crippen molar-refractivity contribution in [1.29, 1.82) is 0 Å². The minimum Gasteiger partial charge on any atom is -0.465 e. The molecule has 1 aromatic heterocycles. The van der Waals surface area contributed by atoms with Crippen LogP contribution in [0.15, 0.2) is 24.4 Å². The Hall–Kier alpha value is -1.80. The molecule has 2 rings (SSSR count). The second-order valence-corrected chi connectivity index (χ2v) is 5.24. The number of alkyl halides is 3. The number of hydrogen-bond donors (Lipinski definition) is 1. The van der Waals surface area contributed by atoms with Gasteiger partial charge in [-0.2, -0.15) is 13.2 Å². The van der Waals surface area contributed by atoms with Crippen LogP contribution in [0.5, 0.6) is 0 Å². The molecule has 0 aliphatic heterocycles. The molecule has 0 fully saturated rings. The third-order valence-electron chi connectivity index (χ3n) is 2.44. The lowest BCUT2D eigenvalue weighted by molar-refractivity contribution is -0.136. The van der Waals surface area contributed by atoms with Gasteiger partial charge in [-0.15, -0.1) is 0 Å². The van der Waals surface area contributed by atoms with Gasteiger partial charge in [-0.25, -0.2) is 9.78 Å². The van der Waals surface area contributed by atoms with Crippen LogP contribution in [0.1, 0.15) is 15.2 Å². The number of nitrogens with zero attached hydrogens (tertiary/aromatic N) is 1. The molecule has 0 spiro atoms. The van der Waals surface area contributed by atoms with Crippen LogP contribution in [-0.2, 0) is 10.9 Å². The first-order valence-corrected chi connectivity index (χ1v) is 6.69. The van der Waals surface area contributed by atoms with E-state index >= 15 is 0 Å². The third-order valence-corrected chi connectivity index (χ3v) is 3.65. The summed E-state index contributed by atoms with van der Waals surface area (Å²) >= 11 is 6.67. The Kier molecular flexibility index (Phi) is 4.38. The van der Waals surface area contributed by atoms with Gasteiger partial charge in [0.15, 0.2) is 5.13 Å². The smallest absolute Gasteiger partial charge is 0.418 e. The van der Waals surface area contributed by atoms with Crippen molar-refractivity contribution in [1.82, 2.24) is 4.98 Å². The maximum absolute atomic E-state index is 12.9. The number of aromatic nitrogens is 1. The van der Waals surface area contributed by atoms with E-state index in [1.54, 1.807) is 0 Å². The number of nitrogens with one attached hydrogen (secondary N) is 1. The molecule has 1 aromatic carbocycles. The number of thiazole rings is 1. The van der Waals surface area contributed by atoms with Gasteiger partial charge in [-0.05, 0) is 12.1 Å². The molecule has 0 unspecified atom stereocenters. The fourth-order valence-corrected chi connectivity index (χ4v) is 2.48. The molecule has 0 amide bonds. The standard InChI is InChI=1S/C12H8ClF3N2O2S/c1-20-10(19)8-5-17-11(21-8)18-9-6(12(14,15)16)3-2-4-7(9)13/h2-5H,1H3,(H,17,18). The highest BCUT2D eigenvalue weighted by Crippen LogP contribution is 2.40. The number of carbonyl (C=O) groups is 1. The predicted octanol–water partition coefficient (Wildman–Crippen LogP) is 4.35. The Balaban J connectivity index is 2.36. The number of hydrogen-bond acceptors (Lipinski definition) is 5. The van der Waals surface area contributed by atoms with Crippen molar-refractivity contribution in [3.63, 3.8) is 0 Å². The summed E-state index contributed by atoms with van der Waals surface area (Å²) < 4.78 is 43.3. The van der Waals surface area contributed by atoms with Crippen LogP contribution in [0.2, 0.25) is 5.02 Å². The van der Waals surface area contributed by atoms with Crippen molar-refractivity contribution >= 4 is 39.7 Å². The van der Waals surface area contributed by atoms with Gasteiger partial charge >= 0.3 is 12.1 Å². The zero-order chi connectivity index (χ0) is 15.6. The number of ether oxygens (including phenoxy) is 1. The molecular weight excluding hydrogens is 329 g/mol. The number of rotatable bonds is 3. The molecule has 0 aliphatic rings. The molecule has 1 heterocycles. The quantitative estimate of drug-likeness (QED) is 0.847. The molecule has 112 valence electrons. The highest BCUT2D eigenvalue weighted by molar-refractivity contribution is 7.17. The Morgan fingerprint density at radius 2 is 2.14 bits per heavy atom. The third kappa shape index (κ3) is 3.45. The van der Waals surface area contributed by atoms with Gasteiger partial charge < -0.3 is 10.1 Å². The van der Waals surface area contributed by atoms with Gasteiger partial charge in [0.2, 0.25) is 0 Å². The van der Waals surface area contributed by atoms with Crippen molar-refractivity contribution in [3.8, 4) is 0 Å². The molecule has 21 heavy (non-hydrogen) atoms. The van der Waals surface area contributed by atoms with Crippen LogP contribution in [0.4, 0.5) is 24.0 Å². The average molecular weight is 337 g/mol. The van der Waals surface area contributed by atoms with Crippen LogP contribution in [0.3, 0.4) is 0 Å². The molecule has 0 radical (unpaired) electrons. The van der Waals surface area contributed by atoms with E-state index in [9.17, 15) is 18.0 Å². The number of anilines is 2. The number of benzene rings is 1. The molecule has 0 bridgehead atoms. The summed E-state index contributed by atoms with van der Waals surface area (Å²) in [5.74, 6) is -0.615. The van der Waals surface area contributed by atoms with Gasteiger partial charge in [0, 0.05) is 0 Å². The van der Waals surface area contributed by atoms with Crippen LogP contribution < -0.4 is 5.32 Å². The van der Waals surface area contributed by atoms with Crippen LogP contribution in [-0.4, -0.2) is 18.1 Å². The minimum atomic E-state index is -4.56. The normalized spacial score (nSPS) is 11.3. The number of esters is 1. The van der Waals surface area contributed by atoms with E-state index in [1.165, 1.54) is 25.4 Å². The van der Waals surface area contributed by atoms with Crippen molar-refractivity contribution < 1.29 is 22.7 Å². The molecule has 0 aliphatic carbocycles. The monoisotopic (exact) mass is 336 g/mol. The zero-order valence-corrected chi connectivity index (χ0v) is 12.1. The van der Waals surface area contributed by atoms with Gasteiger partial charge in [-0.1, -0.05) is 29.0 Å². The Labute approximate surface area is 126 Å². The summed E-state index contributed by atoms with van der Waals surface area (Å²) in [6, 6.07) is 3.44. The van der Waals surface area contributed by atoms with Crippen LogP contribution in [0.25, 0.3) is 0 Å². The molecule has 2 aromatic rings. The molecule has 1 N–H and O–H groups in total. The molecule has 9 heteroatoms. The molecule has 0 atom stereocenters. The lowest BCUT2D eigenvalue weighted by Gasteiger charge is -2.14. The first-order valence-electron chi connectivity index (χ1n) is 5.50. The number of carbonyl (C=O) groups excluding carboxylic acids is 1. The number of methoxy groups -OCH3 is 1. The highest BCUT2D eigenvalue weighted by atomic mass is 35.5. The maximum atomic E-state index is 12.9. The first-order chi connectivity index (χ1) is 9.82. The lowest BCUT2D eigenvalue weighted by Crippen LogP contribution is -2.09. The van der Waals surface area contributed by atoms with E-state index in [-0.39, 0.29) is 20.7 Å². The predicted molar refractivity (Wildman–Crippen MR) is 73.2 cm³/mol. The second kappa shape index (κ2) is 5.90. The van der Waals surface area contributed by atoms with Crippen molar-refractivity contribution in [2.45, 2.75) is 6.18 Å². The minimum absolute atomic E-state index is 0.0976. The summed E-state index contributed by atoms with van der Waals surface area (Å²) in [7, 11) is 1.20. The lowest BCUT2D eigenvalue weighted by atomic mass is 10.1. The summed E-state index contributed by atoms with van der Waals surface area (Å²) in [5, 5.41) is 2.50. The fourth-order valence-electron chi connectivity index (χ4n) is 1.52. The SMILES string of the molecule is COC(=O)c1cnc(Nc2c(Cl)cccc2C(F)(F)F)s1. The van der Waals surface area contributed by atoms with Crippen molar-refractivity contribution in [2.75, 3.05) is 12.4 Å². The van der Waals surface area contributed by atoms with Crippen LogP contribution >= 0.6 is 22.9 Å². The van der Waals surface area contributed by atoms with Crippen molar-refractivity contribution in [2.24, 2.45) is 0 Å². The van der Waals surface area contributed by atoms with Gasteiger partial charge in [-0.3, -0.25) is 0 Å². The zero-order valence-electron chi connectivity index (χ0n) is 10.5. The topological polar surface area (TPSA) is 51.2 Å². The highest BCUT2D eigenvalue weighted by Gasteiger charge is 2.34. The molecular formula is C12H8ClF3N2O2S. The number of halogens is 4. The van der Waals surface area contributed by atoms with E-state index in [4.69, 9.17) is 11.6 Å². The second-order valence-electron chi connectivity index (χ2n) is 3.81. The van der Waals surface area contributed by atoms with Gasteiger partial charge in [0.25, 0.3) is 0 Å². The molecule has 4 nitrogen and oxygen atoms in total. The number of para-hydroxylation sites is 1.